The molecule has 2 rings (SSSR count). The van der Waals surface area contributed by atoms with Crippen molar-refractivity contribution in [3.63, 3.8) is 0 Å². The Kier molecular flexibility index (Phi) is 4.22. The van der Waals surface area contributed by atoms with Gasteiger partial charge in [-0.15, -0.1) is 0 Å². The van der Waals surface area contributed by atoms with E-state index in [9.17, 15) is 0 Å². The predicted molar refractivity (Wildman–Crippen MR) is 68.9 cm³/mol. The van der Waals surface area contributed by atoms with Crippen LogP contribution in [-0.2, 0) is 0 Å². The van der Waals surface area contributed by atoms with E-state index in [1.165, 1.54) is 18.4 Å². The van der Waals surface area contributed by atoms with E-state index in [1.54, 1.807) is 0 Å². The number of hydrogen-bond donors (Lipinski definition) is 2. The first-order valence-corrected chi connectivity index (χ1v) is 6.36. The van der Waals surface area contributed by atoms with Crippen molar-refractivity contribution in [3.8, 4) is 0 Å². The molecule has 1 fully saturated rings. The van der Waals surface area contributed by atoms with Gasteiger partial charge in [0.15, 0.2) is 0 Å². The van der Waals surface area contributed by atoms with Crippen molar-refractivity contribution in [2.75, 3.05) is 13.1 Å². The van der Waals surface area contributed by atoms with Crippen LogP contribution in [0.25, 0.3) is 0 Å². The molecule has 1 heterocycles. The molecule has 0 saturated carbocycles. The van der Waals surface area contributed by atoms with Gasteiger partial charge in [0.1, 0.15) is 0 Å². The lowest BCUT2D eigenvalue weighted by Crippen LogP contribution is -2.40. The van der Waals surface area contributed by atoms with Crippen molar-refractivity contribution in [2.45, 2.75) is 31.8 Å². The molecule has 0 aromatic heterocycles. The van der Waals surface area contributed by atoms with Crippen LogP contribution < -0.4 is 10.6 Å². The minimum atomic E-state index is 0.330. The third kappa shape index (κ3) is 2.97. The topological polar surface area (TPSA) is 24.1 Å². The van der Waals surface area contributed by atoms with Crippen LogP contribution >= 0.6 is 11.6 Å². The van der Waals surface area contributed by atoms with Gasteiger partial charge >= 0.3 is 0 Å². The molecule has 1 aromatic carbocycles. The molecule has 0 bridgehead atoms. The SMILES string of the molecule is C[C@H](NC1CCNCC1)c1ccccc1Cl. The van der Waals surface area contributed by atoms with Gasteiger partial charge in [-0.25, -0.2) is 0 Å². The summed E-state index contributed by atoms with van der Waals surface area (Å²) in [6.07, 6.45) is 2.41. The van der Waals surface area contributed by atoms with Crippen molar-refractivity contribution in [1.29, 1.82) is 0 Å². The molecule has 0 amide bonds. The van der Waals surface area contributed by atoms with Crippen LogP contribution in [0.5, 0.6) is 0 Å². The molecular weight excluding hydrogens is 220 g/mol. The number of halogens is 1. The molecule has 1 aliphatic heterocycles. The molecule has 0 aliphatic carbocycles. The Bertz CT molecular complexity index is 334. The summed E-state index contributed by atoms with van der Waals surface area (Å²) in [5, 5.41) is 7.88. The van der Waals surface area contributed by atoms with E-state index in [0.29, 0.717) is 12.1 Å². The highest BCUT2D eigenvalue weighted by Gasteiger charge is 2.16. The van der Waals surface area contributed by atoms with Crippen molar-refractivity contribution >= 4 is 11.6 Å². The van der Waals surface area contributed by atoms with Crippen molar-refractivity contribution < 1.29 is 0 Å². The molecule has 1 aliphatic rings. The van der Waals surface area contributed by atoms with Crippen LogP contribution in [0.4, 0.5) is 0 Å². The lowest BCUT2D eigenvalue weighted by molar-refractivity contribution is 0.359. The fourth-order valence-electron chi connectivity index (χ4n) is 2.26. The first kappa shape index (κ1) is 11.9. The Balaban J connectivity index is 1.96. The zero-order valence-corrected chi connectivity index (χ0v) is 10.4. The van der Waals surface area contributed by atoms with Crippen LogP contribution in [0.15, 0.2) is 24.3 Å². The standard InChI is InChI=1S/C13H19ClN2/c1-10(12-4-2-3-5-13(12)14)16-11-6-8-15-9-7-11/h2-5,10-11,15-16H,6-9H2,1H3/t10-/m0/s1. The van der Waals surface area contributed by atoms with Gasteiger partial charge in [0.05, 0.1) is 0 Å². The molecule has 0 spiro atoms. The lowest BCUT2D eigenvalue weighted by Gasteiger charge is -2.27. The largest absolute Gasteiger partial charge is 0.317 e. The molecule has 3 heteroatoms. The molecule has 2 N–H and O–H groups in total. The van der Waals surface area contributed by atoms with Crippen molar-refractivity contribution in [2.24, 2.45) is 0 Å². The van der Waals surface area contributed by atoms with E-state index in [4.69, 9.17) is 11.6 Å². The molecule has 2 nitrogen and oxygen atoms in total. The molecule has 0 unspecified atom stereocenters. The zero-order chi connectivity index (χ0) is 11.4. The van der Waals surface area contributed by atoms with Gasteiger partial charge in [0, 0.05) is 17.1 Å². The average molecular weight is 239 g/mol. The summed E-state index contributed by atoms with van der Waals surface area (Å²) in [4.78, 5) is 0. The molecule has 1 atom stereocenters. The number of benzene rings is 1. The second-order valence-corrected chi connectivity index (χ2v) is 4.84. The van der Waals surface area contributed by atoms with Crippen LogP contribution in [0.2, 0.25) is 5.02 Å². The summed E-state index contributed by atoms with van der Waals surface area (Å²) < 4.78 is 0. The average Bonchev–Trinajstić information content (AvgIpc) is 2.31. The van der Waals surface area contributed by atoms with Gasteiger partial charge in [-0.3, -0.25) is 0 Å². The summed E-state index contributed by atoms with van der Waals surface area (Å²) in [6.45, 7) is 4.42. The minimum Gasteiger partial charge on any atom is -0.317 e. The molecule has 16 heavy (non-hydrogen) atoms. The van der Waals surface area contributed by atoms with E-state index in [1.807, 2.05) is 18.2 Å². The third-order valence-electron chi connectivity index (χ3n) is 3.20. The number of piperidine rings is 1. The summed E-state index contributed by atoms with van der Waals surface area (Å²) in [5.74, 6) is 0. The Morgan fingerprint density at radius 1 is 1.31 bits per heavy atom. The molecule has 1 aromatic rings. The van der Waals surface area contributed by atoms with E-state index < -0.39 is 0 Å². The Morgan fingerprint density at radius 2 is 2.00 bits per heavy atom. The van der Waals surface area contributed by atoms with Gasteiger partial charge in [-0.2, -0.15) is 0 Å². The monoisotopic (exact) mass is 238 g/mol. The number of hydrogen-bond acceptors (Lipinski definition) is 2. The van der Waals surface area contributed by atoms with Crippen LogP contribution in [0.3, 0.4) is 0 Å². The van der Waals surface area contributed by atoms with Gasteiger partial charge in [-0.05, 0) is 44.5 Å². The van der Waals surface area contributed by atoms with E-state index in [0.717, 1.165) is 18.1 Å². The summed E-state index contributed by atoms with van der Waals surface area (Å²) in [5.41, 5.74) is 1.20. The fourth-order valence-corrected chi connectivity index (χ4v) is 2.56. The second-order valence-electron chi connectivity index (χ2n) is 4.43. The summed E-state index contributed by atoms with van der Waals surface area (Å²) in [6, 6.07) is 9.02. The van der Waals surface area contributed by atoms with Crippen molar-refractivity contribution in [3.05, 3.63) is 34.9 Å². The maximum Gasteiger partial charge on any atom is 0.0453 e. The quantitative estimate of drug-likeness (QED) is 0.846. The van der Waals surface area contributed by atoms with Gasteiger partial charge < -0.3 is 10.6 Å². The Labute approximate surface area is 102 Å². The first-order chi connectivity index (χ1) is 7.77. The third-order valence-corrected chi connectivity index (χ3v) is 3.54. The zero-order valence-electron chi connectivity index (χ0n) is 9.67. The number of nitrogens with one attached hydrogen (secondary N) is 2. The highest BCUT2D eigenvalue weighted by atomic mass is 35.5. The Morgan fingerprint density at radius 3 is 2.69 bits per heavy atom. The molecule has 88 valence electrons. The smallest absolute Gasteiger partial charge is 0.0453 e. The van der Waals surface area contributed by atoms with Gasteiger partial charge in [0.25, 0.3) is 0 Å². The minimum absolute atomic E-state index is 0.330. The Hall–Kier alpha value is -0.570. The summed E-state index contributed by atoms with van der Waals surface area (Å²) >= 11 is 6.18. The highest BCUT2D eigenvalue weighted by molar-refractivity contribution is 6.31. The van der Waals surface area contributed by atoms with Crippen molar-refractivity contribution in [1.82, 2.24) is 10.6 Å². The van der Waals surface area contributed by atoms with Crippen LogP contribution in [-0.4, -0.2) is 19.1 Å². The molecule has 1 saturated heterocycles. The first-order valence-electron chi connectivity index (χ1n) is 5.98. The van der Waals surface area contributed by atoms with E-state index in [-0.39, 0.29) is 0 Å². The maximum atomic E-state index is 6.18. The van der Waals surface area contributed by atoms with E-state index in [2.05, 4.69) is 23.6 Å². The highest BCUT2D eigenvalue weighted by Crippen LogP contribution is 2.23. The fraction of sp³-hybridized carbons (Fsp3) is 0.538. The molecular formula is C13H19ClN2. The second kappa shape index (κ2) is 5.67. The summed E-state index contributed by atoms with van der Waals surface area (Å²) in [7, 11) is 0. The van der Waals surface area contributed by atoms with Gasteiger partial charge in [-0.1, -0.05) is 29.8 Å². The normalized spacial score (nSPS) is 19.6. The lowest BCUT2D eigenvalue weighted by atomic mass is 10.0. The predicted octanol–water partition coefficient (Wildman–Crippen LogP) is 2.74. The van der Waals surface area contributed by atoms with E-state index >= 15 is 0 Å². The van der Waals surface area contributed by atoms with Crippen LogP contribution in [0, 0.1) is 0 Å². The number of rotatable bonds is 3. The maximum absolute atomic E-state index is 6.18. The molecule has 0 radical (unpaired) electrons. The van der Waals surface area contributed by atoms with Gasteiger partial charge in [0.2, 0.25) is 0 Å². The van der Waals surface area contributed by atoms with Crippen LogP contribution in [0.1, 0.15) is 31.4 Å².